The van der Waals surface area contributed by atoms with Crippen LogP contribution in [-0.2, 0) is 6.54 Å². The third kappa shape index (κ3) is 3.66. The van der Waals surface area contributed by atoms with E-state index in [1.165, 1.54) is 0 Å². The first-order chi connectivity index (χ1) is 7.93. The van der Waals surface area contributed by atoms with E-state index in [4.69, 9.17) is 0 Å². The number of rotatable bonds is 5. The number of nitrogens with one attached hydrogen (secondary N) is 1. The molecule has 0 radical (unpaired) electrons. The smallest absolute Gasteiger partial charge is 0.170 e. The average molecular weight is 239 g/mol. The molecule has 4 heteroatoms. The summed E-state index contributed by atoms with van der Waals surface area (Å²) in [7, 11) is 1.86. The number of anilines is 1. The molecule has 0 aliphatic carbocycles. The molecule has 0 spiro atoms. The van der Waals surface area contributed by atoms with Gasteiger partial charge in [-0.25, -0.2) is 9.37 Å². The highest BCUT2D eigenvalue weighted by Crippen LogP contribution is 2.19. The lowest BCUT2D eigenvalue weighted by molar-refractivity contribution is 0.546. The topological polar surface area (TPSA) is 28.2 Å². The molecule has 0 saturated heterocycles. The van der Waals surface area contributed by atoms with Gasteiger partial charge in [-0.3, -0.25) is 0 Å². The molecule has 96 valence electrons. The van der Waals surface area contributed by atoms with Gasteiger partial charge in [-0.15, -0.1) is 0 Å². The van der Waals surface area contributed by atoms with Crippen molar-refractivity contribution in [1.29, 1.82) is 0 Å². The van der Waals surface area contributed by atoms with Crippen LogP contribution in [0.5, 0.6) is 0 Å². The predicted octanol–water partition coefficient (Wildman–Crippen LogP) is 2.56. The number of hydrogen-bond acceptors (Lipinski definition) is 3. The van der Waals surface area contributed by atoms with Crippen LogP contribution >= 0.6 is 0 Å². The molecule has 3 nitrogen and oxygen atoms in total. The quantitative estimate of drug-likeness (QED) is 0.856. The Morgan fingerprint density at radius 1 is 1.35 bits per heavy atom. The van der Waals surface area contributed by atoms with E-state index < -0.39 is 0 Å². The predicted molar refractivity (Wildman–Crippen MR) is 69.7 cm³/mol. The second-order valence-corrected chi connectivity index (χ2v) is 4.85. The van der Waals surface area contributed by atoms with E-state index >= 15 is 0 Å². The van der Waals surface area contributed by atoms with E-state index in [1.807, 2.05) is 39.6 Å². The van der Waals surface area contributed by atoms with Crippen molar-refractivity contribution >= 4 is 5.82 Å². The van der Waals surface area contributed by atoms with Crippen molar-refractivity contribution < 1.29 is 4.39 Å². The highest BCUT2D eigenvalue weighted by Gasteiger charge is 2.15. The summed E-state index contributed by atoms with van der Waals surface area (Å²) in [5.41, 5.74) is 0.663. The van der Waals surface area contributed by atoms with Gasteiger partial charge in [-0.05, 0) is 19.9 Å². The summed E-state index contributed by atoms with van der Waals surface area (Å²) in [6, 6.07) is 2.29. The van der Waals surface area contributed by atoms with Crippen molar-refractivity contribution in [2.75, 3.05) is 11.9 Å². The summed E-state index contributed by atoms with van der Waals surface area (Å²) in [5.74, 6) is 0.194. The number of nitrogens with zero attached hydrogens (tertiary/aromatic N) is 2. The number of pyridine rings is 1. The molecule has 0 amide bonds. The molecule has 0 aromatic carbocycles. The standard InChI is InChI=1S/C13H22FN3/c1-9(2)16-8-11-6-7-15-13(12(11)14)17(5)10(3)4/h6-7,9-10,16H,8H2,1-5H3. The number of hydrogen-bond donors (Lipinski definition) is 1. The Morgan fingerprint density at radius 2 is 2.00 bits per heavy atom. The van der Waals surface area contributed by atoms with E-state index in [0.29, 0.717) is 24.0 Å². The van der Waals surface area contributed by atoms with Gasteiger partial charge in [-0.1, -0.05) is 13.8 Å². The van der Waals surface area contributed by atoms with Crippen molar-refractivity contribution in [1.82, 2.24) is 10.3 Å². The second kappa shape index (κ2) is 5.96. The van der Waals surface area contributed by atoms with Gasteiger partial charge in [0.25, 0.3) is 0 Å². The summed E-state index contributed by atoms with van der Waals surface area (Å²) in [6.07, 6.45) is 1.66. The monoisotopic (exact) mass is 239 g/mol. The molecule has 17 heavy (non-hydrogen) atoms. The van der Waals surface area contributed by atoms with Gasteiger partial charge >= 0.3 is 0 Å². The van der Waals surface area contributed by atoms with E-state index in [1.54, 1.807) is 12.3 Å². The van der Waals surface area contributed by atoms with Crippen molar-refractivity contribution in [3.8, 4) is 0 Å². The van der Waals surface area contributed by atoms with Crippen LogP contribution in [0.3, 0.4) is 0 Å². The van der Waals surface area contributed by atoms with Gasteiger partial charge in [0.1, 0.15) is 0 Å². The third-order valence-electron chi connectivity index (χ3n) is 2.76. The first kappa shape index (κ1) is 13.9. The third-order valence-corrected chi connectivity index (χ3v) is 2.76. The minimum Gasteiger partial charge on any atom is -0.355 e. The highest BCUT2D eigenvalue weighted by atomic mass is 19.1. The van der Waals surface area contributed by atoms with E-state index in [0.717, 1.165) is 0 Å². The van der Waals surface area contributed by atoms with E-state index in [9.17, 15) is 4.39 Å². The van der Waals surface area contributed by atoms with Crippen molar-refractivity contribution in [3.05, 3.63) is 23.6 Å². The molecule has 1 aromatic heterocycles. The molecule has 0 unspecified atom stereocenters. The number of aromatic nitrogens is 1. The van der Waals surface area contributed by atoms with Crippen LogP contribution in [0.15, 0.2) is 12.3 Å². The van der Waals surface area contributed by atoms with Gasteiger partial charge < -0.3 is 10.2 Å². The molecule has 1 aromatic rings. The highest BCUT2D eigenvalue weighted by molar-refractivity contribution is 5.43. The lowest BCUT2D eigenvalue weighted by Crippen LogP contribution is -2.28. The molecular formula is C13H22FN3. The summed E-state index contributed by atoms with van der Waals surface area (Å²) < 4.78 is 14.2. The largest absolute Gasteiger partial charge is 0.355 e. The minimum atomic E-state index is -0.225. The van der Waals surface area contributed by atoms with Crippen LogP contribution in [0, 0.1) is 5.82 Å². The molecule has 0 saturated carbocycles. The molecular weight excluding hydrogens is 217 g/mol. The Kier molecular flexibility index (Phi) is 4.87. The lowest BCUT2D eigenvalue weighted by Gasteiger charge is -2.23. The Balaban J connectivity index is 2.91. The first-order valence-corrected chi connectivity index (χ1v) is 6.03. The van der Waals surface area contributed by atoms with Gasteiger partial charge in [0.2, 0.25) is 0 Å². The molecule has 1 heterocycles. The molecule has 1 N–H and O–H groups in total. The van der Waals surface area contributed by atoms with Crippen LogP contribution in [0.1, 0.15) is 33.3 Å². The molecule has 0 aliphatic rings. The van der Waals surface area contributed by atoms with E-state index in [2.05, 4.69) is 10.3 Å². The van der Waals surface area contributed by atoms with Crippen molar-refractivity contribution in [2.45, 2.75) is 46.3 Å². The zero-order chi connectivity index (χ0) is 13.0. The summed E-state index contributed by atoms with van der Waals surface area (Å²) in [4.78, 5) is 5.95. The Labute approximate surface area is 103 Å². The fourth-order valence-corrected chi connectivity index (χ4v) is 1.41. The van der Waals surface area contributed by atoms with Crippen LogP contribution < -0.4 is 10.2 Å². The van der Waals surface area contributed by atoms with Crippen LogP contribution in [0.2, 0.25) is 0 Å². The average Bonchev–Trinajstić information content (AvgIpc) is 2.26. The Bertz CT molecular complexity index is 364. The molecule has 0 bridgehead atoms. The van der Waals surface area contributed by atoms with Crippen LogP contribution in [0.4, 0.5) is 10.2 Å². The van der Waals surface area contributed by atoms with Gasteiger partial charge in [-0.2, -0.15) is 0 Å². The molecule has 1 rings (SSSR count). The Morgan fingerprint density at radius 3 is 2.53 bits per heavy atom. The van der Waals surface area contributed by atoms with Gasteiger partial charge in [0.05, 0.1) is 0 Å². The van der Waals surface area contributed by atoms with Gasteiger partial charge in [0, 0.05) is 37.4 Å². The summed E-state index contributed by atoms with van der Waals surface area (Å²) >= 11 is 0. The maximum absolute atomic E-state index is 14.2. The summed E-state index contributed by atoms with van der Waals surface area (Å²) in [6.45, 7) is 8.64. The molecule has 0 aliphatic heterocycles. The molecule has 0 atom stereocenters. The molecule has 0 fully saturated rings. The van der Waals surface area contributed by atoms with Crippen LogP contribution in [0.25, 0.3) is 0 Å². The maximum Gasteiger partial charge on any atom is 0.170 e. The maximum atomic E-state index is 14.2. The van der Waals surface area contributed by atoms with Crippen molar-refractivity contribution in [2.24, 2.45) is 0 Å². The van der Waals surface area contributed by atoms with Crippen molar-refractivity contribution in [3.63, 3.8) is 0 Å². The SMILES string of the molecule is CC(C)NCc1ccnc(N(C)C(C)C)c1F. The zero-order valence-electron chi connectivity index (χ0n) is 11.3. The lowest BCUT2D eigenvalue weighted by atomic mass is 10.2. The minimum absolute atomic E-state index is 0.225. The fraction of sp³-hybridized carbons (Fsp3) is 0.615. The number of halogens is 1. The second-order valence-electron chi connectivity index (χ2n) is 4.85. The summed E-state index contributed by atoms with van der Waals surface area (Å²) in [5, 5.41) is 3.21. The van der Waals surface area contributed by atoms with Crippen LogP contribution in [-0.4, -0.2) is 24.1 Å². The fourth-order valence-electron chi connectivity index (χ4n) is 1.41. The zero-order valence-corrected chi connectivity index (χ0v) is 11.3. The normalized spacial score (nSPS) is 11.3. The van der Waals surface area contributed by atoms with E-state index in [-0.39, 0.29) is 11.9 Å². The van der Waals surface area contributed by atoms with Gasteiger partial charge in [0.15, 0.2) is 11.6 Å². The Hall–Kier alpha value is -1.16. The first-order valence-electron chi connectivity index (χ1n) is 6.03.